The van der Waals surface area contributed by atoms with E-state index >= 15 is 0 Å². The maximum atomic E-state index is 12.0. The molecule has 0 saturated carbocycles. The predicted molar refractivity (Wildman–Crippen MR) is 55.3 cm³/mol. The van der Waals surface area contributed by atoms with E-state index in [0.717, 1.165) is 25.9 Å². The summed E-state index contributed by atoms with van der Waals surface area (Å²) < 4.78 is 0. The summed E-state index contributed by atoms with van der Waals surface area (Å²) in [7, 11) is 1.53. The number of carbonyl (C=O) groups is 2. The predicted octanol–water partition coefficient (Wildman–Crippen LogP) is -0.0737. The van der Waals surface area contributed by atoms with Crippen molar-refractivity contribution < 1.29 is 9.59 Å². The van der Waals surface area contributed by atoms with E-state index in [4.69, 9.17) is 0 Å². The number of carbonyl (C=O) groups excluding carboxylic acids is 2. The summed E-state index contributed by atoms with van der Waals surface area (Å²) in [4.78, 5) is 24.5. The van der Waals surface area contributed by atoms with Gasteiger partial charge >= 0.3 is 6.03 Å². The lowest BCUT2D eigenvalue weighted by atomic mass is 9.80. The molecule has 3 amide bonds. The summed E-state index contributed by atoms with van der Waals surface area (Å²) in [5.74, 6) is 0.0915. The van der Waals surface area contributed by atoms with Crippen LogP contribution in [-0.2, 0) is 4.79 Å². The van der Waals surface area contributed by atoms with Crippen molar-refractivity contribution in [1.82, 2.24) is 15.5 Å². The number of piperidine rings is 1. The van der Waals surface area contributed by atoms with Crippen molar-refractivity contribution in [3.8, 4) is 0 Å². The van der Waals surface area contributed by atoms with Gasteiger partial charge in [0.2, 0.25) is 0 Å². The number of nitrogens with one attached hydrogen (secondary N) is 2. The first-order valence-corrected chi connectivity index (χ1v) is 5.36. The number of rotatable bonds is 1. The molecular formula is C10H17N3O2. The summed E-state index contributed by atoms with van der Waals surface area (Å²) in [5.41, 5.74) is -0.709. The molecule has 0 spiro atoms. The van der Waals surface area contributed by atoms with Crippen LogP contribution in [0.4, 0.5) is 4.79 Å². The number of hydrogen-bond acceptors (Lipinski definition) is 3. The molecule has 2 N–H and O–H groups in total. The number of urea groups is 1. The lowest BCUT2D eigenvalue weighted by Crippen LogP contribution is -2.55. The molecule has 2 rings (SSSR count). The number of nitrogens with zero attached hydrogens (tertiary/aromatic N) is 1. The molecule has 2 saturated heterocycles. The molecule has 2 aliphatic heterocycles. The average Bonchev–Trinajstić information content (AvgIpc) is 2.45. The Morgan fingerprint density at radius 1 is 1.47 bits per heavy atom. The lowest BCUT2D eigenvalue weighted by Gasteiger charge is -2.34. The van der Waals surface area contributed by atoms with Crippen LogP contribution in [0.2, 0.25) is 0 Å². The third-order valence-electron chi connectivity index (χ3n) is 3.53. The van der Waals surface area contributed by atoms with Gasteiger partial charge in [0.1, 0.15) is 5.54 Å². The number of hydrogen-bond donors (Lipinski definition) is 2. The third kappa shape index (κ3) is 1.51. The molecule has 0 aliphatic carbocycles. The van der Waals surface area contributed by atoms with Crippen LogP contribution in [0.15, 0.2) is 0 Å². The van der Waals surface area contributed by atoms with Crippen LogP contribution < -0.4 is 10.6 Å². The molecule has 2 heterocycles. The minimum atomic E-state index is -0.709. The van der Waals surface area contributed by atoms with Gasteiger partial charge in [-0.2, -0.15) is 0 Å². The Hall–Kier alpha value is -1.10. The highest BCUT2D eigenvalue weighted by Gasteiger charge is 2.50. The molecule has 5 nitrogen and oxygen atoms in total. The van der Waals surface area contributed by atoms with Crippen molar-refractivity contribution in [2.75, 3.05) is 20.1 Å². The first-order valence-electron chi connectivity index (χ1n) is 5.36. The van der Waals surface area contributed by atoms with Crippen molar-refractivity contribution >= 4 is 11.9 Å². The summed E-state index contributed by atoms with van der Waals surface area (Å²) in [6, 6.07) is -0.284. The first kappa shape index (κ1) is 10.4. The van der Waals surface area contributed by atoms with Crippen LogP contribution in [0.1, 0.15) is 19.8 Å². The lowest BCUT2D eigenvalue weighted by molar-refractivity contribution is -0.131. The normalized spacial score (nSPS) is 36.9. The number of amides is 3. The zero-order valence-corrected chi connectivity index (χ0v) is 9.17. The molecule has 2 fully saturated rings. The molecule has 0 radical (unpaired) electrons. The minimum Gasteiger partial charge on any atom is -0.323 e. The summed E-state index contributed by atoms with van der Waals surface area (Å²) in [6.07, 6.45) is 2.05. The van der Waals surface area contributed by atoms with Crippen molar-refractivity contribution in [2.24, 2.45) is 5.92 Å². The third-order valence-corrected chi connectivity index (χ3v) is 3.53. The largest absolute Gasteiger partial charge is 0.324 e. The molecule has 0 aromatic heterocycles. The molecule has 15 heavy (non-hydrogen) atoms. The van der Waals surface area contributed by atoms with Gasteiger partial charge in [-0.05, 0) is 26.3 Å². The van der Waals surface area contributed by atoms with Gasteiger partial charge in [-0.25, -0.2) is 4.79 Å². The van der Waals surface area contributed by atoms with E-state index in [1.807, 2.05) is 6.92 Å². The smallest absolute Gasteiger partial charge is 0.323 e. The second kappa shape index (κ2) is 3.48. The minimum absolute atomic E-state index is 0.110. The monoisotopic (exact) mass is 211 g/mol. The zero-order valence-electron chi connectivity index (χ0n) is 9.17. The van der Waals surface area contributed by atoms with E-state index < -0.39 is 5.54 Å². The Bertz CT molecular complexity index is 299. The Morgan fingerprint density at radius 2 is 2.20 bits per heavy atom. The van der Waals surface area contributed by atoms with Gasteiger partial charge in [0, 0.05) is 19.5 Å². The summed E-state index contributed by atoms with van der Waals surface area (Å²) in [6.45, 7) is 3.63. The second-order valence-corrected chi connectivity index (χ2v) is 4.54. The van der Waals surface area contributed by atoms with Crippen LogP contribution in [0.3, 0.4) is 0 Å². The Balaban J connectivity index is 2.18. The highest BCUT2D eigenvalue weighted by atomic mass is 16.2. The quantitative estimate of drug-likeness (QED) is 0.597. The maximum Gasteiger partial charge on any atom is 0.324 e. The maximum absolute atomic E-state index is 12.0. The van der Waals surface area contributed by atoms with Crippen molar-refractivity contribution in [3.05, 3.63) is 0 Å². The summed E-state index contributed by atoms with van der Waals surface area (Å²) >= 11 is 0. The van der Waals surface area contributed by atoms with Gasteiger partial charge in [0.25, 0.3) is 5.91 Å². The van der Waals surface area contributed by atoms with Crippen molar-refractivity contribution in [3.63, 3.8) is 0 Å². The fourth-order valence-electron chi connectivity index (χ4n) is 2.42. The number of likely N-dealkylation sites (N-methyl/N-ethyl adjacent to an activating group) is 1. The van der Waals surface area contributed by atoms with E-state index in [1.54, 1.807) is 0 Å². The first-order chi connectivity index (χ1) is 7.05. The van der Waals surface area contributed by atoms with Crippen LogP contribution in [0, 0.1) is 5.92 Å². The molecule has 0 bridgehead atoms. The fraction of sp³-hybridized carbons (Fsp3) is 0.800. The SMILES string of the molecule is CN1C(=O)NC(C)(C2CCCNC2)C1=O. The van der Waals surface area contributed by atoms with Gasteiger partial charge in [-0.3, -0.25) is 9.69 Å². The summed E-state index contributed by atoms with van der Waals surface area (Å²) in [5, 5.41) is 6.06. The van der Waals surface area contributed by atoms with Crippen LogP contribution in [-0.4, -0.2) is 42.5 Å². The van der Waals surface area contributed by atoms with Gasteiger partial charge in [0.15, 0.2) is 0 Å². The van der Waals surface area contributed by atoms with E-state index in [0.29, 0.717) is 0 Å². The van der Waals surface area contributed by atoms with Crippen LogP contribution in [0.25, 0.3) is 0 Å². The molecule has 5 heteroatoms. The van der Waals surface area contributed by atoms with Gasteiger partial charge in [-0.15, -0.1) is 0 Å². The average molecular weight is 211 g/mol. The molecule has 2 aliphatic rings. The van der Waals surface area contributed by atoms with E-state index in [9.17, 15) is 9.59 Å². The molecule has 84 valence electrons. The van der Waals surface area contributed by atoms with E-state index in [1.165, 1.54) is 11.9 Å². The van der Waals surface area contributed by atoms with Crippen LogP contribution >= 0.6 is 0 Å². The van der Waals surface area contributed by atoms with E-state index in [2.05, 4.69) is 10.6 Å². The zero-order chi connectivity index (χ0) is 11.1. The van der Waals surface area contributed by atoms with Crippen molar-refractivity contribution in [2.45, 2.75) is 25.3 Å². The van der Waals surface area contributed by atoms with E-state index in [-0.39, 0.29) is 17.9 Å². The fourth-order valence-corrected chi connectivity index (χ4v) is 2.42. The molecule has 2 atom stereocenters. The van der Waals surface area contributed by atoms with Gasteiger partial charge in [-0.1, -0.05) is 0 Å². The molecule has 0 aromatic carbocycles. The Labute approximate surface area is 89.2 Å². The molecule has 2 unspecified atom stereocenters. The van der Waals surface area contributed by atoms with Gasteiger partial charge < -0.3 is 10.6 Å². The topological polar surface area (TPSA) is 61.4 Å². The standard InChI is InChI=1S/C10H17N3O2/c1-10(7-4-3-5-11-6-7)8(14)13(2)9(15)12-10/h7,11H,3-6H2,1-2H3,(H,12,15). The van der Waals surface area contributed by atoms with Crippen molar-refractivity contribution in [1.29, 1.82) is 0 Å². The molecular weight excluding hydrogens is 194 g/mol. The highest BCUT2D eigenvalue weighted by molar-refractivity contribution is 6.06. The van der Waals surface area contributed by atoms with Gasteiger partial charge in [0.05, 0.1) is 0 Å². The number of imide groups is 1. The Kier molecular flexibility index (Phi) is 2.42. The molecule has 0 aromatic rings. The Morgan fingerprint density at radius 3 is 2.67 bits per heavy atom. The highest BCUT2D eigenvalue weighted by Crippen LogP contribution is 2.29. The second-order valence-electron chi connectivity index (χ2n) is 4.54. The van der Waals surface area contributed by atoms with Crippen LogP contribution in [0.5, 0.6) is 0 Å².